The van der Waals surface area contributed by atoms with Gasteiger partial charge < -0.3 is 10.3 Å². The molecular formula is C20H22N4O. The van der Waals surface area contributed by atoms with Crippen LogP contribution in [0.25, 0.3) is 11.0 Å². The summed E-state index contributed by atoms with van der Waals surface area (Å²) >= 11 is 0. The summed E-state index contributed by atoms with van der Waals surface area (Å²) in [7, 11) is 0. The number of fused-ring (bicyclic) bond motifs is 1. The van der Waals surface area contributed by atoms with Gasteiger partial charge >= 0.3 is 0 Å². The Labute approximate surface area is 147 Å². The number of aromatic amines is 1. The van der Waals surface area contributed by atoms with Gasteiger partial charge in [0.1, 0.15) is 5.82 Å². The van der Waals surface area contributed by atoms with Crippen LogP contribution in [-0.4, -0.2) is 39.9 Å². The molecule has 1 fully saturated rings. The third-order valence-electron chi connectivity index (χ3n) is 4.60. The Morgan fingerprint density at radius 1 is 1.20 bits per heavy atom. The number of nitrogens with one attached hydrogen (secondary N) is 2. The molecule has 0 radical (unpaired) electrons. The number of nitrogens with zero attached hydrogens (tertiary/aromatic N) is 2. The molecule has 0 aliphatic carbocycles. The van der Waals surface area contributed by atoms with Crippen LogP contribution >= 0.6 is 0 Å². The smallest absolute Gasteiger partial charge is 0.234 e. The monoisotopic (exact) mass is 334 g/mol. The van der Waals surface area contributed by atoms with Crippen LogP contribution < -0.4 is 5.32 Å². The van der Waals surface area contributed by atoms with Crippen molar-refractivity contribution in [3.05, 3.63) is 65.5 Å². The minimum Gasteiger partial charge on any atom is -0.351 e. The van der Waals surface area contributed by atoms with Crippen molar-refractivity contribution in [2.75, 3.05) is 13.1 Å². The van der Waals surface area contributed by atoms with E-state index >= 15 is 0 Å². The number of H-pyrrole nitrogens is 1. The Morgan fingerprint density at radius 2 is 2.04 bits per heavy atom. The zero-order valence-electron chi connectivity index (χ0n) is 14.3. The zero-order valence-corrected chi connectivity index (χ0v) is 14.3. The molecule has 128 valence electrons. The first-order valence-corrected chi connectivity index (χ1v) is 8.66. The fraction of sp³-hybridized carbons (Fsp3) is 0.300. The van der Waals surface area contributed by atoms with E-state index in [-0.39, 0.29) is 11.9 Å². The number of amides is 1. The van der Waals surface area contributed by atoms with Crippen LogP contribution in [0.1, 0.15) is 17.0 Å². The highest BCUT2D eigenvalue weighted by molar-refractivity contribution is 5.79. The maximum Gasteiger partial charge on any atom is 0.234 e. The third kappa shape index (κ3) is 3.72. The van der Waals surface area contributed by atoms with Gasteiger partial charge in [-0.3, -0.25) is 9.69 Å². The molecule has 0 unspecified atom stereocenters. The summed E-state index contributed by atoms with van der Waals surface area (Å²) in [5, 5.41) is 3.10. The SMILES string of the molecule is Cc1ccc2nc(CN3CC(=O)N[C@@H](Cc4ccccc4)C3)[nH]c2c1. The lowest BCUT2D eigenvalue weighted by Gasteiger charge is -2.32. The Bertz CT molecular complexity index is 887. The van der Waals surface area contributed by atoms with Crippen molar-refractivity contribution in [1.29, 1.82) is 0 Å². The number of carbonyl (C=O) groups excluding carboxylic acids is 1. The van der Waals surface area contributed by atoms with Crippen molar-refractivity contribution >= 4 is 16.9 Å². The van der Waals surface area contributed by atoms with Crippen molar-refractivity contribution in [2.45, 2.75) is 25.9 Å². The van der Waals surface area contributed by atoms with Crippen LogP contribution in [-0.2, 0) is 17.8 Å². The van der Waals surface area contributed by atoms with Crippen molar-refractivity contribution in [3.8, 4) is 0 Å². The minimum absolute atomic E-state index is 0.0825. The summed E-state index contributed by atoms with van der Waals surface area (Å²) in [6.45, 7) is 3.98. The molecule has 1 aromatic heterocycles. The largest absolute Gasteiger partial charge is 0.351 e. The van der Waals surface area contributed by atoms with Gasteiger partial charge in [0.25, 0.3) is 0 Å². The van der Waals surface area contributed by atoms with Gasteiger partial charge in [-0.05, 0) is 36.6 Å². The van der Waals surface area contributed by atoms with Crippen LogP contribution in [0.3, 0.4) is 0 Å². The molecule has 1 aliphatic rings. The summed E-state index contributed by atoms with van der Waals surface area (Å²) in [6, 6.07) is 16.6. The first-order valence-electron chi connectivity index (χ1n) is 8.66. The summed E-state index contributed by atoms with van der Waals surface area (Å²) in [5.74, 6) is 0.993. The highest BCUT2D eigenvalue weighted by atomic mass is 16.2. The number of hydrogen-bond donors (Lipinski definition) is 2. The second kappa shape index (κ2) is 6.69. The van der Waals surface area contributed by atoms with Crippen molar-refractivity contribution < 1.29 is 4.79 Å². The number of hydrogen-bond acceptors (Lipinski definition) is 3. The van der Waals surface area contributed by atoms with E-state index in [1.54, 1.807) is 0 Å². The second-order valence-electron chi connectivity index (χ2n) is 6.83. The topological polar surface area (TPSA) is 61.0 Å². The quantitative estimate of drug-likeness (QED) is 0.770. The van der Waals surface area contributed by atoms with E-state index in [1.165, 1.54) is 11.1 Å². The second-order valence-corrected chi connectivity index (χ2v) is 6.83. The van der Waals surface area contributed by atoms with E-state index in [1.807, 2.05) is 24.3 Å². The lowest BCUT2D eigenvalue weighted by molar-refractivity contribution is -0.125. The van der Waals surface area contributed by atoms with Crippen LogP contribution in [0.5, 0.6) is 0 Å². The molecule has 1 atom stereocenters. The van der Waals surface area contributed by atoms with Gasteiger partial charge in [-0.15, -0.1) is 0 Å². The normalized spacial score (nSPS) is 18.4. The van der Waals surface area contributed by atoms with E-state index in [0.717, 1.165) is 29.8 Å². The van der Waals surface area contributed by atoms with Crippen molar-refractivity contribution in [1.82, 2.24) is 20.2 Å². The maximum absolute atomic E-state index is 12.1. The van der Waals surface area contributed by atoms with Crippen LogP contribution in [0.4, 0.5) is 0 Å². The van der Waals surface area contributed by atoms with Crippen molar-refractivity contribution in [3.63, 3.8) is 0 Å². The number of imidazole rings is 1. The molecule has 25 heavy (non-hydrogen) atoms. The molecule has 2 N–H and O–H groups in total. The van der Waals surface area contributed by atoms with Gasteiger partial charge in [0.15, 0.2) is 0 Å². The Kier molecular flexibility index (Phi) is 4.24. The fourth-order valence-corrected chi connectivity index (χ4v) is 3.50. The van der Waals surface area contributed by atoms with Crippen molar-refractivity contribution in [2.24, 2.45) is 0 Å². The van der Waals surface area contributed by atoms with Gasteiger partial charge in [0, 0.05) is 12.6 Å². The number of aromatic nitrogens is 2. The predicted octanol–water partition coefficient (Wildman–Crippen LogP) is 2.41. The van der Waals surface area contributed by atoms with Gasteiger partial charge in [-0.25, -0.2) is 4.98 Å². The van der Waals surface area contributed by atoms with E-state index in [0.29, 0.717) is 13.1 Å². The molecule has 2 heterocycles. The summed E-state index contributed by atoms with van der Waals surface area (Å²) in [6.07, 6.45) is 0.850. The number of rotatable bonds is 4. The lowest BCUT2D eigenvalue weighted by Crippen LogP contribution is -2.54. The van der Waals surface area contributed by atoms with Crippen LogP contribution in [0.2, 0.25) is 0 Å². The fourth-order valence-electron chi connectivity index (χ4n) is 3.50. The predicted molar refractivity (Wildman–Crippen MR) is 98.2 cm³/mol. The first-order chi connectivity index (χ1) is 12.2. The van der Waals surface area contributed by atoms with E-state index < -0.39 is 0 Å². The number of aryl methyl sites for hydroxylation is 1. The van der Waals surface area contributed by atoms with Gasteiger partial charge in [0.05, 0.1) is 24.1 Å². The van der Waals surface area contributed by atoms with E-state index in [9.17, 15) is 4.79 Å². The zero-order chi connectivity index (χ0) is 17.2. The molecule has 1 saturated heterocycles. The molecular weight excluding hydrogens is 312 g/mol. The summed E-state index contributed by atoms with van der Waals surface area (Å²) in [5.41, 5.74) is 4.48. The molecule has 0 saturated carbocycles. The Balaban J connectivity index is 1.46. The van der Waals surface area contributed by atoms with Crippen LogP contribution in [0.15, 0.2) is 48.5 Å². The third-order valence-corrected chi connectivity index (χ3v) is 4.60. The molecule has 5 nitrogen and oxygen atoms in total. The standard InChI is InChI=1S/C20H22N4O/c1-14-7-8-17-18(9-14)23-19(22-17)12-24-11-16(21-20(25)13-24)10-15-5-3-2-4-6-15/h2-9,16H,10-13H2,1H3,(H,21,25)(H,22,23)/t16-/m0/s1. The molecule has 1 amide bonds. The Hall–Kier alpha value is -2.66. The molecule has 3 aromatic rings. The average Bonchev–Trinajstić information content (AvgIpc) is 2.96. The summed E-state index contributed by atoms with van der Waals surface area (Å²) in [4.78, 5) is 22.3. The van der Waals surface area contributed by atoms with Gasteiger partial charge in [-0.2, -0.15) is 0 Å². The highest BCUT2D eigenvalue weighted by Crippen LogP contribution is 2.15. The number of benzene rings is 2. The molecule has 5 heteroatoms. The molecule has 0 bridgehead atoms. The molecule has 4 rings (SSSR count). The number of carbonyl (C=O) groups is 1. The van der Waals surface area contributed by atoms with Gasteiger partial charge in [0.2, 0.25) is 5.91 Å². The maximum atomic E-state index is 12.1. The molecule has 1 aliphatic heterocycles. The average molecular weight is 334 g/mol. The molecule has 2 aromatic carbocycles. The first kappa shape index (κ1) is 15.8. The van der Waals surface area contributed by atoms with E-state index in [4.69, 9.17) is 0 Å². The lowest BCUT2D eigenvalue weighted by atomic mass is 10.0. The number of piperazine rings is 1. The van der Waals surface area contributed by atoms with Gasteiger partial charge in [-0.1, -0.05) is 36.4 Å². The molecule has 0 spiro atoms. The summed E-state index contributed by atoms with van der Waals surface area (Å²) < 4.78 is 0. The Morgan fingerprint density at radius 3 is 2.88 bits per heavy atom. The van der Waals surface area contributed by atoms with E-state index in [2.05, 4.69) is 51.4 Å². The highest BCUT2D eigenvalue weighted by Gasteiger charge is 2.25. The van der Waals surface area contributed by atoms with Crippen LogP contribution in [0, 0.1) is 6.92 Å². The minimum atomic E-state index is 0.0825.